The van der Waals surface area contributed by atoms with Crippen LogP contribution in [-0.2, 0) is 14.3 Å². The van der Waals surface area contributed by atoms with E-state index in [1.807, 2.05) is 50.2 Å². The van der Waals surface area contributed by atoms with Gasteiger partial charge >= 0.3 is 6.09 Å². The van der Waals surface area contributed by atoms with E-state index in [0.717, 1.165) is 17.5 Å². The van der Waals surface area contributed by atoms with E-state index < -0.39 is 48.2 Å². The Morgan fingerprint density at radius 1 is 1.05 bits per heavy atom. The molecule has 3 amide bonds. The highest BCUT2D eigenvalue weighted by Crippen LogP contribution is 2.30. The number of nitrogens with zero attached hydrogens (tertiary/aromatic N) is 1. The number of benzene rings is 2. The number of alkyl carbamates (subject to hydrolysis) is 1. The standard InChI is InChI=1S/C32H45N3O5/c1-9-24-14-12-15-25(19-24)28(29(37)33-26-16-11-10-13-22(26)4)35(23(5)18-17-21(2)3)30(38)27(20-36)34-31(39)40-32(6,7)8/h9-16,19,21,23,27-28,36H,1,17-18,20H2,2-8H3,(H,33,37)(H,34,39). The van der Waals surface area contributed by atoms with Gasteiger partial charge in [0.15, 0.2) is 0 Å². The van der Waals surface area contributed by atoms with Crippen LogP contribution < -0.4 is 10.6 Å². The summed E-state index contributed by atoms with van der Waals surface area (Å²) >= 11 is 0. The van der Waals surface area contributed by atoms with Gasteiger partial charge in [-0.2, -0.15) is 0 Å². The number of hydrogen-bond acceptors (Lipinski definition) is 5. The Kier molecular flexibility index (Phi) is 11.9. The number of amides is 3. The Labute approximate surface area is 238 Å². The maximum absolute atomic E-state index is 14.2. The fourth-order valence-corrected chi connectivity index (χ4v) is 4.34. The molecule has 0 aliphatic heterocycles. The minimum atomic E-state index is -1.31. The normalized spacial score (nSPS) is 13.6. The van der Waals surface area contributed by atoms with E-state index in [-0.39, 0.29) is 0 Å². The zero-order valence-electron chi connectivity index (χ0n) is 24.9. The molecule has 3 unspecified atom stereocenters. The Morgan fingerprint density at radius 2 is 1.73 bits per heavy atom. The lowest BCUT2D eigenvalue weighted by Gasteiger charge is -2.38. The maximum Gasteiger partial charge on any atom is 0.408 e. The van der Waals surface area contributed by atoms with Gasteiger partial charge in [0.1, 0.15) is 17.7 Å². The molecule has 0 spiro atoms. The van der Waals surface area contributed by atoms with Crippen molar-refractivity contribution in [1.29, 1.82) is 0 Å². The van der Waals surface area contributed by atoms with Crippen molar-refractivity contribution in [3.63, 3.8) is 0 Å². The molecule has 40 heavy (non-hydrogen) atoms. The third-order valence-corrected chi connectivity index (χ3v) is 6.45. The van der Waals surface area contributed by atoms with Gasteiger partial charge in [-0.3, -0.25) is 9.59 Å². The van der Waals surface area contributed by atoms with Crippen LogP contribution >= 0.6 is 0 Å². The third-order valence-electron chi connectivity index (χ3n) is 6.45. The molecule has 0 saturated heterocycles. The molecular weight excluding hydrogens is 506 g/mol. The number of para-hydroxylation sites is 1. The summed E-state index contributed by atoms with van der Waals surface area (Å²) in [6.07, 6.45) is 2.27. The third kappa shape index (κ3) is 9.52. The number of aryl methyl sites for hydroxylation is 1. The molecule has 218 valence electrons. The van der Waals surface area contributed by atoms with Crippen LogP contribution in [0.3, 0.4) is 0 Å². The van der Waals surface area contributed by atoms with Crippen molar-refractivity contribution in [2.75, 3.05) is 11.9 Å². The monoisotopic (exact) mass is 551 g/mol. The maximum atomic E-state index is 14.2. The van der Waals surface area contributed by atoms with Gasteiger partial charge in [0.2, 0.25) is 5.91 Å². The lowest BCUT2D eigenvalue weighted by Crippen LogP contribution is -2.56. The van der Waals surface area contributed by atoms with E-state index in [0.29, 0.717) is 23.6 Å². The number of hydrogen-bond donors (Lipinski definition) is 3. The number of nitrogens with one attached hydrogen (secondary N) is 2. The second-order valence-corrected chi connectivity index (χ2v) is 11.5. The predicted octanol–water partition coefficient (Wildman–Crippen LogP) is 5.86. The highest BCUT2D eigenvalue weighted by molar-refractivity contribution is 5.99. The molecule has 0 aromatic heterocycles. The van der Waals surface area contributed by atoms with Crippen LogP contribution in [-0.4, -0.2) is 52.2 Å². The van der Waals surface area contributed by atoms with Crippen molar-refractivity contribution >= 4 is 29.7 Å². The van der Waals surface area contributed by atoms with Crippen LogP contribution in [0.1, 0.15) is 77.1 Å². The first kappa shape index (κ1) is 32.6. The Balaban J connectivity index is 2.61. The van der Waals surface area contributed by atoms with E-state index in [9.17, 15) is 19.5 Å². The van der Waals surface area contributed by atoms with Gasteiger partial charge in [0.25, 0.3) is 5.91 Å². The molecule has 0 bridgehead atoms. The number of ether oxygens (including phenoxy) is 1. The van der Waals surface area contributed by atoms with Gasteiger partial charge in [-0.1, -0.05) is 62.9 Å². The van der Waals surface area contributed by atoms with Crippen molar-refractivity contribution in [3.8, 4) is 0 Å². The fraction of sp³-hybridized carbons (Fsp3) is 0.469. The smallest absolute Gasteiger partial charge is 0.408 e. The second kappa shape index (κ2) is 14.7. The quantitative estimate of drug-likeness (QED) is 0.306. The lowest BCUT2D eigenvalue weighted by molar-refractivity contribution is -0.144. The number of aliphatic hydroxyl groups excluding tert-OH is 1. The molecule has 0 heterocycles. The molecule has 3 N–H and O–H groups in total. The zero-order chi connectivity index (χ0) is 30.0. The van der Waals surface area contributed by atoms with Crippen LogP contribution in [0.25, 0.3) is 6.08 Å². The van der Waals surface area contributed by atoms with E-state index in [1.165, 1.54) is 4.90 Å². The molecule has 2 aromatic carbocycles. The first-order valence-corrected chi connectivity index (χ1v) is 13.8. The van der Waals surface area contributed by atoms with Gasteiger partial charge in [0, 0.05) is 11.7 Å². The highest BCUT2D eigenvalue weighted by Gasteiger charge is 2.39. The summed E-state index contributed by atoms with van der Waals surface area (Å²) in [5.41, 5.74) is 2.09. The second-order valence-electron chi connectivity index (χ2n) is 11.5. The average molecular weight is 552 g/mol. The summed E-state index contributed by atoms with van der Waals surface area (Å²) < 4.78 is 5.33. The molecule has 8 nitrogen and oxygen atoms in total. The average Bonchev–Trinajstić information content (AvgIpc) is 2.88. The van der Waals surface area contributed by atoms with Crippen LogP contribution in [0.2, 0.25) is 0 Å². The van der Waals surface area contributed by atoms with Crippen LogP contribution in [0, 0.1) is 12.8 Å². The number of carbonyl (C=O) groups is 3. The molecule has 0 saturated carbocycles. The van der Waals surface area contributed by atoms with Crippen molar-refractivity contribution in [2.45, 2.75) is 85.0 Å². The molecule has 2 rings (SSSR count). The number of anilines is 1. The van der Waals surface area contributed by atoms with Crippen LogP contribution in [0.5, 0.6) is 0 Å². The summed E-state index contributed by atoms with van der Waals surface area (Å²) in [7, 11) is 0. The molecule has 8 heteroatoms. The van der Waals surface area contributed by atoms with E-state index in [2.05, 4.69) is 31.1 Å². The van der Waals surface area contributed by atoms with Gasteiger partial charge in [-0.05, 0) is 82.2 Å². The SMILES string of the molecule is C=Cc1cccc(C(C(=O)Nc2ccccc2C)N(C(=O)C(CO)NC(=O)OC(C)(C)C)C(C)CCC(C)C)c1. The largest absolute Gasteiger partial charge is 0.444 e. The topological polar surface area (TPSA) is 108 Å². The predicted molar refractivity (Wildman–Crippen MR) is 160 cm³/mol. The number of carbonyl (C=O) groups excluding carboxylic acids is 3. The van der Waals surface area contributed by atoms with E-state index >= 15 is 0 Å². The van der Waals surface area contributed by atoms with Gasteiger partial charge in [-0.25, -0.2) is 4.79 Å². The van der Waals surface area contributed by atoms with Crippen LogP contribution in [0.4, 0.5) is 10.5 Å². The molecule has 0 aliphatic carbocycles. The summed E-state index contributed by atoms with van der Waals surface area (Å²) in [6, 6.07) is 11.9. The number of aliphatic hydroxyl groups is 1. The summed E-state index contributed by atoms with van der Waals surface area (Å²) in [5.74, 6) is -0.621. The van der Waals surface area contributed by atoms with Gasteiger partial charge < -0.3 is 25.4 Å². The Hall–Kier alpha value is -3.65. The molecule has 3 atom stereocenters. The summed E-state index contributed by atoms with van der Waals surface area (Å²) in [6.45, 7) is 16.3. The first-order valence-electron chi connectivity index (χ1n) is 13.8. The minimum Gasteiger partial charge on any atom is -0.444 e. The molecule has 0 fully saturated rings. The van der Waals surface area contributed by atoms with Crippen molar-refractivity contribution in [2.24, 2.45) is 5.92 Å². The minimum absolute atomic E-state index is 0.372. The fourth-order valence-electron chi connectivity index (χ4n) is 4.34. The van der Waals surface area contributed by atoms with Crippen molar-refractivity contribution in [1.82, 2.24) is 10.2 Å². The summed E-state index contributed by atoms with van der Waals surface area (Å²) in [5, 5.41) is 15.7. The van der Waals surface area contributed by atoms with Crippen molar-refractivity contribution < 1.29 is 24.2 Å². The van der Waals surface area contributed by atoms with Gasteiger partial charge in [-0.15, -0.1) is 0 Å². The van der Waals surface area contributed by atoms with E-state index in [1.54, 1.807) is 39.0 Å². The van der Waals surface area contributed by atoms with Crippen molar-refractivity contribution in [3.05, 3.63) is 71.8 Å². The number of rotatable bonds is 12. The molecular formula is C32H45N3O5. The lowest BCUT2D eigenvalue weighted by atomic mass is 9.96. The van der Waals surface area contributed by atoms with Gasteiger partial charge in [0.05, 0.1) is 6.61 Å². The summed E-state index contributed by atoms with van der Waals surface area (Å²) in [4.78, 5) is 42.3. The Bertz CT molecular complexity index is 1170. The molecule has 2 aromatic rings. The Morgan fingerprint density at radius 3 is 2.30 bits per heavy atom. The first-order chi connectivity index (χ1) is 18.8. The highest BCUT2D eigenvalue weighted by atomic mass is 16.6. The zero-order valence-corrected chi connectivity index (χ0v) is 24.9. The van der Waals surface area contributed by atoms with Crippen LogP contribution in [0.15, 0.2) is 55.1 Å². The van der Waals surface area contributed by atoms with E-state index in [4.69, 9.17) is 4.74 Å². The molecule has 0 radical (unpaired) electrons. The molecule has 0 aliphatic rings.